The third-order valence-electron chi connectivity index (χ3n) is 15.4. The summed E-state index contributed by atoms with van der Waals surface area (Å²) in [5.74, 6) is 2.61. The van der Waals surface area contributed by atoms with Crippen molar-refractivity contribution in [2.45, 2.75) is 76.0 Å². The first-order valence-electron chi connectivity index (χ1n) is 24.1. The summed E-state index contributed by atoms with van der Waals surface area (Å²) >= 11 is 0. The van der Waals surface area contributed by atoms with Crippen LogP contribution in [-0.4, -0.2) is 0 Å². The van der Waals surface area contributed by atoms with Gasteiger partial charge in [-0.3, -0.25) is 0 Å². The zero-order valence-corrected chi connectivity index (χ0v) is 38.2. The van der Waals surface area contributed by atoms with Crippen LogP contribution in [0, 0.1) is 0 Å². The van der Waals surface area contributed by atoms with E-state index in [9.17, 15) is 0 Å². The average molecular weight is 854 g/mol. The smallest absolute Gasteiger partial charge is 0.135 e. The van der Waals surface area contributed by atoms with Crippen LogP contribution < -0.4 is 9.64 Å². The maximum atomic E-state index is 7.52. The number of para-hydroxylation sites is 1. The van der Waals surface area contributed by atoms with E-state index in [0.29, 0.717) is 0 Å². The number of ether oxygens (including phenoxy) is 1. The van der Waals surface area contributed by atoms with E-state index in [0.717, 1.165) is 49.3 Å². The van der Waals surface area contributed by atoms with E-state index >= 15 is 0 Å². The van der Waals surface area contributed by atoms with Crippen LogP contribution in [0.3, 0.4) is 0 Å². The molecule has 1 heterocycles. The van der Waals surface area contributed by atoms with Crippen LogP contribution >= 0.6 is 0 Å². The summed E-state index contributed by atoms with van der Waals surface area (Å²) in [5.41, 5.74) is 22.3. The fourth-order valence-electron chi connectivity index (χ4n) is 12.1. The Morgan fingerprint density at radius 3 is 2.02 bits per heavy atom. The first-order chi connectivity index (χ1) is 32.4. The van der Waals surface area contributed by atoms with Crippen LogP contribution in [0.2, 0.25) is 0 Å². The molecule has 0 fully saturated rings. The molecule has 12 rings (SSSR count). The summed E-state index contributed by atoms with van der Waals surface area (Å²) in [7, 11) is 0. The van der Waals surface area contributed by atoms with Gasteiger partial charge in [-0.25, -0.2) is 0 Å². The molecule has 0 radical (unpaired) electrons. The lowest BCUT2D eigenvalue weighted by Gasteiger charge is -2.40. The highest BCUT2D eigenvalue weighted by molar-refractivity contribution is 5.87. The molecule has 0 aromatic heterocycles. The third-order valence-corrected chi connectivity index (χ3v) is 15.4. The van der Waals surface area contributed by atoms with Gasteiger partial charge in [0.05, 0.1) is 5.69 Å². The molecule has 0 saturated carbocycles. The van der Waals surface area contributed by atoms with Gasteiger partial charge >= 0.3 is 0 Å². The number of aryl methyl sites for hydroxylation is 1. The van der Waals surface area contributed by atoms with Gasteiger partial charge in [-0.15, -0.1) is 0 Å². The van der Waals surface area contributed by atoms with Gasteiger partial charge in [-0.1, -0.05) is 190 Å². The lowest BCUT2D eigenvalue weighted by molar-refractivity contribution is 0.418. The van der Waals surface area contributed by atoms with Gasteiger partial charge in [0.1, 0.15) is 11.5 Å². The highest BCUT2D eigenvalue weighted by atomic mass is 16.5. The van der Waals surface area contributed by atoms with Gasteiger partial charge in [0.2, 0.25) is 0 Å². The van der Waals surface area contributed by atoms with Gasteiger partial charge in [0.15, 0.2) is 0 Å². The molecule has 0 N–H and O–H groups in total. The van der Waals surface area contributed by atoms with Gasteiger partial charge in [0.25, 0.3) is 0 Å². The zero-order chi connectivity index (χ0) is 44.4. The summed E-state index contributed by atoms with van der Waals surface area (Å²) in [5, 5.41) is 0. The molecule has 2 unspecified atom stereocenters. The van der Waals surface area contributed by atoms with Crippen molar-refractivity contribution in [2.75, 3.05) is 4.90 Å². The molecule has 66 heavy (non-hydrogen) atoms. The Morgan fingerprint density at radius 2 is 1.26 bits per heavy atom. The van der Waals surface area contributed by atoms with Gasteiger partial charge in [-0.05, 0) is 130 Å². The third kappa shape index (κ3) is 6.77. The van der Waals surface area contributed by atoms with E-state index in [1.54, 1.807) is 0 Å². The van der Waals surface area contributed by atoms with Crippen molar-refractivity contribution >= 4 is 22.6 Å². The van der Waals surface area contributed by atoms with Crippen LogP contribution in [0.25, 0.3) is 27.8 Å². The molecule has 2 nitrogen and oxygen atoms in total. The average Bonchev–Trinajstić information content (AvgIpc) is 3.61. The molecule has 0 saturated heterocycles. The van der Waals surface area contributed by atoms with Crippen LogP contribution in [0.1, 0.15) is 109 Å². The monoisotopic (exact) mass is 853 g/mol. The zero-order valence-electron chi connectivity index (χ0n) is 38.2. The standard InChI is InChI=1S/C64H55NO/c1-42(43-29-31-46(32-30-43)44-17-7-4-8-18-44)60(49-35-33-47(34-36-49)45-19-9-5-10-20-45)55-39-37-48-21-15-25-54-61(48)63(55)66-59-28-16-27-58(62(54)59)65(50-22-11-6-12-23-50)51-38-40-53-52-24-13-14-26-56(52)64(2,3)57(53)41-51/h4-14,16-20,22-24,26-33,35,37-42,54,60H,15,21,25,34,36H2,1-3H3/t42-,54?,60?/m0/s1. The number of hydrogen-bond donors (Lipinski definition) is 0. The number of nitrogens with zero attached hydrogens (tertiary/aromatic N) is 1. The fraction of sp³-hybridized carbons (Fsp3) is 0.188. The van der Waals surface area contributed by atoms with Crippen molar-refractivity contribution in [1.29, 1.82) is 0 Å². The molecule has 8 aromatic carbocycles. The second-order valence-corrected chi connectivity index (χ2v) is 19.4. The normalized spacial score (nSPS) is 17.2. The molecular formula is C64H55NO. The van der Waals surface area contributed by atoms with E-state index in [-0.39, 0.29) is 23.2 Å². The Balaban J connectivity index is 0.988. The lowest BCUT2D eigenvalue weighted by Crippen LogP contribution is -2.23. The largest absolute Gasteiger partial charge is 0.456 e. The maximum Gasteiger partial charge on any atom is 0.135 e. The topological polar surface area (TPSA) is 12.5 Å². The summed E-state index contributed by atoms with van der Waals surface area (Å²) in [6.45, 7) is 7.19. The molecule has 2 heteroatoms. The Bertz CT molecular complexity index is 3180. The number of rotatable bonds is 9. The van der Waals surface area contributed by atoms with E-state index in [1.807, 2.05) is 0 Å². The highest BCUT2D eigenvalue weighted by Gasteiger charge is 2.40. The van der Waals surface area contributed by atoms with Crippen LogP contribution in [0.15, 0.2) is 206 Å². The summed E-state index contributed by atoms with van der Waals surface area (Å²) in [4.78, 5) is 2.50. The van der Waals surface area contributed by atoms with E-state index < -0.39 is 0 Å². The molecule has 1 aliphatic heterocycles. The van der Waals surface area contributed by atoms with E-state index in [1.165, 1.54) is 89.3 Å². The number of allylic oxidation sites excluding steroid dienone is 4. The van der Waals surface area contributed by atoms with Crippen LogP contribution in [0.5, 0.6) is 11.5 Å². The Hall–Kier alpha value is -7.16. The number of hydrogen-bond acceptors (Lipinski definition) is 2. The van der Waals surface area contributed by atoms with Crippen molar-refractivity contribution in [3.8, 4) is 33.8 Å². The fourth-order valence-corrected chi connectivity index (χ4v) is 12.1. The van der Waals surface area contributed by atoms with Crippen molar-refractivity contribution in [3.63, 3.8) is 0 Å². The van der Waals surface area contributed by atoms with Gasteiger partial charge in [-0.2, -0.15) is 0 Å². The number of anilines is 3. The minimum absolute atomic E-state index is 0.110. The molecule has 4 aliphatic rings. The lowest BCUT2D eigenvalue weighted by atomic mass is 9.70. The second kappa shape index (κ2) is 16.4. The quantitative estimate of drug-likeness (QED) is 0.143. The first-order valence-corrected chi connectivity index (χ1v) is 24.1. The van der Waals surface area contributed by atoms with Gasteiger partial charge < -0.3 is 9.64 Å². The van der Waals surface area contributed by atoms with Crippen molar-refractivity contribution in [3.05, 3.63) is 250 Å². The summed E-state index contributed by atoms with van der Waals surface area (Å²) in [6.07, 6.45) is 10.1. The Labute approximate surface area is 390 Å². The minimum Gasteiger partial charge on any atom is -0.456 e. The van der Waals surface area contributed by atoms with E-state index in [2.05, 4.69) is 226 Å². The predicted octanol–water partition coefficient (Wildman–Crippen LogP) is 17.4. The SMILES string of the molecule is C[C@@H](c1ccc(-c2ccccc2)cc1)C(C1=CC=C(c2ccccc2)CC1)c1ccc2c3c1Oc1cccc(N(c4ccccc4)c4ccc5c(c4)C(C)(C)c4ccccc4-5)c1C3CCC2. The molecule has 0 spiro atoms. The highest BCUT2D eigenvalue weighted by Crippen LogP contribution is 2.59. The molecule has 8 aromatic rings. The molecule has 322 valence electrons. The predicted molar refractivity (Wildman–Crippen MR) is 275 cm³/mol. The van der Waals surface area contributed by atoms with E-state index in [4.69, 9.17) is 4.74 Å². The molecule has 3 aliphatic carbocycles. The number of fused-ring (bicyclic) bond motifs is 5. The van der Waals surface area contributed by atoms with Crippen LogP contribution in [-0.2, 0) is 11.8 Å². The van der Waals surface area contributed by atoms with Gasteiger partial charge in [0, 0.05) is 45.3 Å². The number of benzene rings is 8. The van der Waals surface area contributed by atoms with Crippen LogP contribution in [0.4, 0.5) is 17.1 Å². The summed E-state index contributed by atoms with van der Waals surface area (Å²) in [6, 6.07) is 69.7. The minimum atomic E-state index is -0.110. The second-order valence-electron chi connectivity index (χ2n) is 19.4. The summed E-state index contributed by atoms with van der Waals surface area (Å²) < 4.78 is 7.52. The maximum absolute atomic E-state index is 7.52. The first kappa shape index (κ1) is 40.4. The molecule has 0 amide bonds. The van der Waals surface area contributed by atoms with Crippen molar-refractivity contribution < 1.29 is 4.74 Å². The molecule has 3 atom stereocenters. The van der Waals surface area contributed by atoms with Crippen molar-refractivity contribution in [1.82, 2.24) is 0 Å². The van der Waals surface area contributed by atoms with Crippen molar-refractivity contribution in [2.24, 2.45) is 0 Å². The Kier molecular flexibility index (Phi) is 10.0. The molecular weight excluding hydrogens is 799 g/mol. The Morgan fingerprint density at radius 1 is 0.561 bits per heavy atom. The molecule has 0 bridgehead atoms.